The van der Waals surface area contributed by atoms with Gasteiger partial charge in [-0.2, -0.15) is 0 Å². The maximum absolute atomic E-state index is 13.1. The van der Waals surface area contributed by atoms with Gasteiger partial charge in [-0.05, 0) is 44.1 Å². The standard InChI is InChI=1S/C18H24N2O3S/c1-2-23-18(22)19-10-5-7-14(13-19)17(21)20-11-6-12-24-16-9-4-3-8-15(16)20/h3-4,8-9,14H,2,5-7,10-13H2,1H3/t14-/m0/s1. The number of benzene rings is 1. The zero-order valence-corrected chi connectivity index (χ0v) is 14.9. The van der Waals surface area contributed by atoms with Crippen LogP contribution in [0.2, 0.25) is 0 Å². The zero-order valence-electron chi connectivity index (χ0n) is 14.1. The number of piperidine rings is 1. The van der Waals surface area contributed by atoms with Crippen LogP contribution in [0.15, 0.2) is 29.2 Å². The molecule has 0 N–H and O–H groups in total. The quantitative estimate of drug-likeness (QED) is 0.822. The molecule has 1 fully saturated rings. The van der Waals surface area contributed by atoms with Crippen LogP contribution in [0.5, 0.6) is 0 Å². The highest BCUT2D eigenvalue weighted by Crippen LogP contribution is 2.35. The maximum atomic E-state index is 13.1. The lowest BCUT2D eigenvalue weighted by Gasteiger charge is -2.34. The first kappa shape index (κ1) is 17.1. The molecule has 1 aromatic rings. The van der Waals surface area contributed by atoms with Gasteiger partial charge in [0.1, 0.15) is 0 Å². The van der Waals surface area contributed by atoms with E-state index < -0.39 is 0 Å². The topological polar surface area (TPSA) is 49.9 Å². The van der Waals surface area contributed by atoms with Crippen molar-refractivity contribution in [2.45, 2.75) is 31.1 Å². The molecular formula is C18H24N2O3S. The van der Waals surface area contributed by atoms with Crippen LogP contribution in [0.4, 0.5) is 10.5 Å². The summed E-state index contributed by atoms with van der Waals surface area (Å²) in [6.07, 6.45) is 2.36. The average molecular weight is 348 g/mol. The molecule has 3 rings (SSSR count). The highest BCUT2D eigenvalue weighted by Gasteiger charge is 2.33. The monoisotopic (exact) mass is 348 g/mol. The lowest BCUT2D eigenvalue weighted by atomic mass is 9.96. The van der Waals surface area contributed by atoms with Gasteiger partial charge in [0, 0.05) is 24.5 Å². The fourth-order valence-corrected chi connectivity index (χ4v) is 4.33. The molecule has 0 spiro atoms. The number of carbonyl (C=O) groups excluding carboxylic acids is 2. The molecule has 2 aliphatic heterocycles. The summed E-state index contributed by atoms with van der Waals surface area (Å²) in [6, 6.07) is 8.11. The third kappa shape index (κ3) is 3.69. The van der Waals surface area contributed by atoms with Gasteiger partial charge in [-0.1, -0.05) is 12.1 Å². The van der Waals surface area contributed by atoms with Gasteiger partial charge < -0.3 is 14.5 Å². The van der Waals surface area contributed by atoms with Gasteiger partial charge in [0.15, 0.2) is 0 Å². The van der Waals surface area contributed by atoms with Gasteiger partial charge in [0.25, 0.3) is 0 Å². The molecule has 0 aromatic heterocycles. The summed E-state index contributed by atoms with van der Waals surface area (Å²) in [4.78, 5) is 29.9. The minimum Gasteiger partial charge on any atom is -0.450 e. The zero-order chi connectivity index (χ0) is 16.9. The summed E-state index contributed by atoms with van der Waals surface area (Å²) in [5.41, 5.74) is 1.01. The molecule has 5 nitrogen and oxygen atoms in total. The van der Waals surface area contributed by atoms with E-state index in [2.05, 4.69) is 6.07 Å². The first-order valence-corrected chi connectivity index (χ1v) is 9.64. The van der Waals surface area contributed by atoms with Gasteiger partial charge in [0.2, 0.25) is 5.91 Å². The lowest BCUT2D eigenvalue weighted by molar-refractivity contribution is -0.123. The first-order chi connectivity index (χ1) is 11.7. The lowest BCUT2D eigenvalue weighted by Crippen LogP contribution is -2.47. The van der Waals surface area contributed by atoms with Crippen LogP contribution in [0.3, 0.4) is 0 Å². The van der Waals surface area contributed by atoms with Crippen molar-refractivity contribution < 1.29 is 14.3 Å². The highest BCUT2D eigenvalue weighted by molar-refractivity contribution is 7.99. The van der Waals surface area contributed by atoms with Crippen molar-refractivity contribution in [1.29, 1.82) is 0 Å². The van der Waals surface area contributed by atoms with Crippen LogP contribution in [0.1, 0.15) is 26.2 Å². The van der Waals surface area contributed by atoms with E-state index in [1.165, 1.54) is 4.90 Å². The minimum absolute atomic E-state index is 0.138. The summed E-state index contributed by atoms with van der Waals surface area (Å²) in [5, 5.41) is 0. The smallest absolute Gasteiger partial charge is 0.409 e. The molecule has 1 saturated heterocycles. The predicted octanol–water partition coefficient (Wildman–Crippen LogP) is 3.38. The Bertz CT molecular complexity index is 608. The van der Waals surface area contributed by atoms with Crippen molar-refractivity contribution in [3.8, 4) is 0 Å². The van der Waals surface area contributed by atoms with Crippen molar-refractivity contribution in [3.05, 3.63) is 24.3 Å². The SMILES string of the molecule is CCOC(=O)N1CCC[C@H](C(=O)N2CCCSc3ccccc32)C1. The first-order valence-electron chi connectivity index (χ1n) is 8.65. The van der Waals surface area contributed by atoms with Gasteiger partial charge in [-0.25, -0.2) is 4.79 Å². The van der Waals surface area contributed by atoms with E-state index in [1.54, 1.807) is 11.8 Å². The summed E-state index contributed by atoms with van der Waals surface area (Å²) >= 11 is 1.81. The molecule has 1 aromatic carbocycles. The van der Waals surface area contributed by atoms with E-state index in [4.69, 9.17) is 4.74 Å². The van der Waals surface area contributed by atoms with Gasteiger partial charge in [-0.3, -0.25) is 4.79 Å². The number of para-hydroxylation sites is 1. The van der Waals surface area contributed by atoms with Crippen LogP contribution < -0.4 is 4.90 Å². The Morgan fingerprint density at radius 1 is 1.25 bits per heavy atom. The normalized spacial score (nSPS) is 21.0. The molecule has 6 heteroatoms. The third-order valence-corrected chi connectivity index (χ3v) is 5.65. The van der Waals surface area contributed by atoms with Gasteiger partial charge in [-0.15, -0.1) is 11.8 Å². The summed E-state index contributed by atoms with van der Waals surface area (Å²) in [6.45, 7) is 4.05. The van der Waals surface area contributed by atoms with Crippen molar-refractivity contribution >= 4 is 29.4 Å². The predicted molar refractivity (Wildman–Crippen MR) is 95.5 cm³/mol. The minimum atomic E-state index is -0.304. The number of fused-ring (bicyclic) bond motifs is 1. The molecule has 2 amide bonds. The number of likely N-dealkylation sites (tertiary alicyclic amines) is 1. The number of anilines is 1. The van der Waals surface area contributed by atoms with Crippen LogP contribution in [0, 0.1) is 5.92 Å². The molecule has 0 bridgehead atoms. The molecule has 24 heavy (non-hydrogen) atoms. The molecule has 0 unspecified atom stereocenters. The van der Waals surface area contributed by atoms with Gasteiger partial charge >= 0.3 is 6.09 Å². The molecular weight excluding hydrogens is 324 g/mol. The Morgan fingerprint density at radius 3 is 2.92 bits per heavy atom. The van der Waals surface area contributed by atoms with Crippen LogP contribution in [-0.4, -0.2) is 48.9 Å². The summed E-state index contributed by atoms with van der Waals surface area (Å²) in [5.74, 6) is 1.03. The fraction of sp³-hybridized carbons (Fsp3) is 0.556. The highest BCUT2D eigenvalue weighted by atomic mass is 32.2. The fourth-order valence-electron chi connectivity index (χ4n) is 3.34. The van der Waals surface area contributed by atoms with Crippen molar-refractivity contribution in [2.75, 3.05) is 36.9 Å². The molecule has 0 radical (unpaired) electrons. The van der Waals surface area contributed by atoms with Crippen molar-refractivity contribution in [2.24, 2.45) is 5.92 Å². The molecule has 0 aliphatic carbocycles. The van der Waals surface area contributed by atoms with E-state index in [1.807, 2.05) is 34.9 Å². The Hall–Kier alpha value is -1.69. The van der Waals surface area contributed by atoms with E-state index in [0.29, 0.717) is 19.7 Å². The number of carbonyl (C=O) groups is 2. The molecule has 2 aliphatic rings. The largest absolute Gasteiger partial charge is 0.450 e. The number of ether oxygens (including phenoxy) is 1. The van der Waals surface area contributed by atoms with Gasteiger partial charge in [0.05, 0.1) is 18.2 Å². The average Bonchev–Trinajstić information content (AvgIpc) is 2.84. The van der Waals surface area contributed by atoms with E-state index >= 15 is 0 Å². The second kappa shape index (κ2) is 7.92. The van der Waals surface area contributed by atoms with E-state index in [-0.39, 0.29) is 17.9 Å². The second-order valence-corrected chi connectivity index (χ2v) is 7.28. The maximum Gasteiger partial charge on any atom is 0.409 e. The second-order valence-electron chi connectivity index (χ2n) is 6.14. The summed E-state index contributed by atoms with van der Waals surface area (Å²) in [7, 11) is 0. The van der Waals surface area contributed by atoms with Crippen molar-refractivity contribution in [3.63, 3.8) is 0 Å². The van der Waals surface area contributed by atoms with Crippen LogP contribution in [0.25, 0.3) is 0 Å². The number of thioether (sulfide) groups is 1. The Balaban J connectivity index is 1.75. The third-order valence-electron chi connectivity index (χ3n) is 4.50. The number of nitrogens with zero attached hydrogens (tertiary/aromatic N) is 2. The summed E-state index contributed by atoms with van der Waals surface area (Å²) < 4.78 is 5.09. The molecule has 130 valence electrons. The van der Waals surface area contributed by atoms with Crippen molar-refractivity contribution in [1.82, 2.24) is 4.90 Å². The molecule has 1 atom stereocenters. The van der Waals surface area contributed by atoms with Crippen LogP contribution >= 0.6 is 11.8 Å². The number of hydrogen-bond donors (Lipinski definition) is 0. The number of hydrogen-bond acceptors (Lipinski definition) is 4. The number of amides is 2. The molecule has 2 heterocycles. The Kier molecular flexibility index (Phi) is 5.66. The Labute approximate surface area is 147 Å². The molecule has 0 saturated carbocycles. The van der Waals surface area contributed by atoms with Crippen LogP contribution in [-0.2, 0) is 9.53 Å². The van der Waals surface area contributed by atoms with E-state index in [9.17, 15) is 9.59 Å². The van der Waals surface area contributed by atoms with E-state index in [0.717, 1.165) is 37.2 Å². The Morgan fingerprint density at radius 2 is 2.08 bits per heavy atom. The number of rotatable bonds is 2.